The Morgan fingerprint density at radius 1 is 1.55 bits per heavy atom. The van der Waals surface area contributed by atoms with Crippen LogP contribution in [0.25, 0.3) is 0 Å². The van der Waals surface area contributed by atoms with Gasteiger partial charge in [0.25, 0.3) is 0 Å². The van der Waals surface area contributed by atoms with Crippen LogP contribution in [0.2, 0.25) is 5.02 Å². The Balaban J connectivity index is 2.26. The molecule has 0 unspecified atom stereocenters. The van der Waals surface area contributed by atoms with Gasteiger partial charge in [0.15, 0.2) is 0 Å². The third-order valence-corrected chi connectivity index (χ3v) is 3.99. The molecular formula is C13H16ClN3O2S. The molecule has 0 aromatic carbocycles. The van der Waals surface area contributed by atoms with Crippen molar-refractivity contribution in [3.8, 4) is 5.75 Å². The fourth-order valence-electron chi connectivity index (χ4n) is 1.71. The zero-order chi connectivity index (χ0) is 14.7. The molecule has 0 saturated carbocycles. The molecule has 7 heteroatoms. The zero-order valence-corrected chi connectivity index (χ0v) is 13.2. The molecule has 0 atom stereocenters. The molecule has 0 fully saturated rings. The lowest BCUT2D eigenvalue weighted by atomic mass is 10.2. The molecule has 0 aliphatic rings. The molecule has 2 aromatic heterocycles. The maximum absolute atomic E-state index is 12.5. The molecule has 0 amide bonds. The first kappa shape index (κ1) is 15.0. The Morgan fingerprint density at radius 2 is 2.30 bits per heavy atom. The number of carbonyl (C=O) groups is 1. The lowest BCUT2D eigenvalue weighted by Gasteiger charge is -2.11. The van der Waals surface area contributed by atoms with Crippen molar-refractivity contribution in [1.82, 2.24) is 14.7 Å². The van der Waals surface area contributed by atoms with Crippen LogP contribution < -0.4 is 4.74 Å². The first-order chi connectivity index (χ1) is 9.52. The Hall–Kier alpha value is -1.37. The highest BCUT2D eigenvalue weighted by molar-refractivity contribution is 7.12. The summed E-state index contributed by atoms with van der Waals surface area (Å²) in [5, 5.41) is 6.34. The predicted octanol–water partition coefficient (Wildman–Crippen LogP) is 2.40. The van der Waals surface area contributed by atoms with Gasteiger partial charge in [0, 0.05) is 18.0 Å². The van der Waals surface area contributed by atoms with Crippen molar-refractivity contribution in [2.45, 2.75) is 6.54 Å². The Kier molecular flexibility index (Phi) is 4.80. The van der Waals surface area contributed by atoms with E-state index in [1.54, 1.807) is 23.2 Å². The molecule has 5 nitrogen and oxygen atoms in total. The molecule has 0 bridgehead atoms. The second-order valence-electron chi connectivity index (χ2n) is 4.55. The second-order valence-corrected chi connectivity index (χ2v) is 5.87. The molecule has 0 spiro atoms. The summed E-state index contributed by atoms with van der Waals surface area (Å²) in [6, 6.07) is 1.71. The van der Waals surface area contributed by atoms with Crippen molar-refractivity contribution < 1.29 is 9.53 Å². The summed E-state index contributed by atoms with van der Waals surface area (Å²) in [6.45, 7) is 1.40. The number of hydrogen-bond acceptors (Lipinski definition) is 5. The summed E-state index contributed by atoms with van der Waals surface area (Å²) < 4.78 is 6.75. The minimum absolute atomic E-state index is 0.125. The number of ketones is 1. The average molecular weight is 314 g/mol. The van der Waals surface area contributed by atoms with Gasteiger partial charge in [0.2, 0.25) is 5.78 Å². The van der Waals surface area contributed by atoms with E-state index < -0.39 is 0 Å². The minimum atomic E-state index is -0.125. The largest absolute Gasteiger partial charge is 0.496 e. The number of halogens is 1. The van der Waals surface area contributed by atoms with Crippen LogP contribution in [0.3, 0.4) is 0 Å². The van der Waals surface area contributed by atoms with Gasteiger partial charge in [-0.2, -0.15) is 5.10 Å². The van der Waals surface area contributed by atoms with Crippen LogP contribution >= 0.6 is 22.9 Å². The van der Waals surface area contributed by atoms with E-state index in [2.05, 4.69) is 5.10 Å². The fourth-order valence-corrected chi connectivity index (χ4v) is 2.74. The number of carbonyl (C=O) groups excluding carboxylic acids is 1. The van der Waals surface area contributed by atoms with Crippen LogP contribution in [0.5, 0.6) is 5.75 Å². The van der Waals surface area contributed by atoms with E-state index in [0.29, 0.717) is 27.9 Å². The molecule has 0 aliphatic carbocycles. The van der Waals surface area contributed by atoms with Gasteiger partial charge in [0.1, 0.15) is 11.4 Å². The number of likely N-dealkylation sites (N-methyl/N-ethyl adjacent to an activating group) is 1. The molecule has 2 aromatic rings. The highest BCUT2D eigenvalue weighted by Crippen LogP contribution is 2.26. The summed E-state index contributed by atoms with van der Waals surface area (Å²) in [4.78, 5) is 15.1. The highest BCUT2D eigenvalue weighted by atomic mass is 35.5. The van der Waals surface area contributed by atoms with Gasteiger partial charge in [-0.05, 0) is 14.1 Å². The number of thiophene rings is 1. The monoisotopic (exact) mass is 313 g/mol. The van der Waals surface area contributed by atoms with E-state index >= 15 is 0 Å². The molecule has 2 heterocycles. The summed E-state index contributed by atoms with van der Waals surface area (Å²) in [6.07, 6.45) is 1.51. The van der Waals surface area contributed by atoms with E-state index in [0.717, 1.165) is 6.54 Å². The third-order valence-electron chi connectivity index (χ3n) is 2.80. The van der Waals surface area contributed by atoms with Crippen molar-refractivity contribution in [1.29, 1.82) is 0 Å². The Morgan fingerprint density at radius 3 is 2.90 bits per heavy atom. The lowest BCUT2D eigenvalue weighted by Crippen LogP contribution is -2.21. The van der Waals surface area contributed by atoms with Crippen molar-refractivity contribution >= 4 is 28.7 Å². The standard InChI is InChI=1S/C13H16ClN3O2S/c1-16(2)4-5-17-12(10(14)7-15-17)13(18)11-6-9(19-3)8-20-11/h6-8H,4-5H2,1-3H3. The van der Waals surface area contributed by atoms with Crippen LogP contribution in [-0.4, -0.2) is 48.2 Å². The normalized spacial score (nSPS) is 11.1. The molecule has 20 heavy (non-hydrogen) atoms. The van der Waals surface area contributed by atoms with Gasteiger partial charge in [-0.15, -0.1) is 11.3 Å². The number of hydrogen-bond donors (Lipinski definition) is 0. The minimum Gasteiger partial charge on any atom is -0.496 e. The molecule has 0 aliphatic heterocycles. The number of rotatable bonds is 6. The van der Waals surface area contributed by atoms with Gasteiger partial charge < -0.3 is 9.64 Å². The maximum Gasteiger partial charge on any atom is 0.222 e. The Labute approximate surface area is 126 Å². The zero-order valence-electron chi connectivity index (χ0n) is 11.6. The van der Waals surface area contributed by atoms with Gasteiger partial charge in [-0.1, -0.05) is 11.6 Å². The predicted molar refractivity (Wildman–Crippen MR) is 80.1 cm³/mol. The third kappa shape index (κ3) is 3.20. The van der Waals surface area contributed by atoms with Crippen molar-refractivity contribution in [2.24, 2.45) is 0 Å². The van der Waals surface area contributed by atoms with Crippen molar-refractivity contribution in [3.63, 3.8) is 0 Å². The summed E-state index contributed by atoms with van der Waals surface area (Å²) in [7, 11) is 5.51. The van der Waals surface area contributed by atoms with Crippen LogP contribution in [0.4, 0.5) is 0 Å². The molecule has 2 rings (SSSR count). The van der Waals surface area contributed by atoms with E-state index in [9.17, 15) is 4.79 Å². The van der Waals surface area contributed by atoms with E-state index in [4.69, 9.17) is 16.3 Å². The smallest absolute Gasteiger partial charge is 0.222 e. The number of ether oxygens (including phenoxy) is 1. The Bertz CT molecular complexity index is 607. The average Bonchev–Trinajstić information content (AvgIpc) is 3.02. The van der Waals surface area contributed by atoms with Crippen LogP contribution in [0.1, 0.15) is 15.4 Å². The summed E-state index contributed by atoms with van der Waals surface area (Å²) in [5.74, 6) is 0.549. The first-order valence-corrected chi connectivity index (χ1v) is 7.32. The van der Waals surface area contributed by atoms with Crippen LogP contribution in [0, 0.1) is 0 Å². The SMILES string of the molecule is COc1csc(C(=O)c2c(Cl)cnn2CCN(C)C)c1. The van der Waals surface area contributed by atoms with Gasteiger partial charge >= 0.3 is 0 Å². The maximum atomic E-state index is 12.5. The molecule has 0 radical (unpaired) electrons. The highest BCUT2D eigenvalue weighted by Gasteiger charge is 2.21. The molecule has 108 valence electrons. The van der Waals surface area contributed by atoms with Crippen LogP contribution in [0.15, 0.2) is 17.6 Å². The van der Waals surface area contributed by atoms with Gasteiger partial charge in [-0.3, -0.25) is 9.48 Å². The van der Waals surface area contributed by atoms with Crippen LogP contribution in [-0.2, 0) is 6.54 Å². The number of methoxy groups -OCH3 is 1. The van der Waals surface area contributed by atoms with Gasteiger partial charge in [-0.25, -0.2) is 0 Å². The summed E-state index contributed by atoms with van der Waals surface area (Å²) in [5.41, 5.74) is 0.429. The van der Waals surface area contributed by atoms with E-state index in [1.165, 1.54) is 17.5 Å². The van der Waals surface area contributed by atoms with Gasteiger partial charge in [0.05, 0.1) is 29.8 Å². The van der Waals surface area contributed by atoms with Crippen molar-refractivity contribution in [2.75, 3.05) is 27.7 Å². The molecular weight excluding hydrogens is 298 g/mol. The topological polar surface area (TPSA) is 47.4 Å². The fraction of sp³-hybridized carbons (Fsp3) is 0.385. The van der Waals surface area contributed by atoms with Crippen molar-refractivity contribution in [3.05, 3.63) is 33.2 Å². The van der Waals surface area contributed by atoms with E-state index in [-0.39, 0.29) is 5.78 Å². The molecule has 0 N–H and O–H groups in total. The molecule has 0 saturated heterocycles. The quantitative estimate of drug-likeness (QED) is 0.768. The summed E-state index contributed by atoms with van der Waals surface area (Å²) >= 11 is 7.44. The number of nitrogens with zero attached hydrogens (tertiary/aromatic N) is 3. The second kappa shape index (κ2) is 6.39. The number of aromatic nitrogens is 2. The first-order valence-electron chi connectivity index (χ1n) is 6.06. The van der Waals surface area contributed by atoms with E-state index in [1.807, 2.05) is 19.0 Å². The lowest BCUT2D eigenvalue weighted by molar-refractivity contribution is 0.103.